The van der Waals surface area contributed by atoms with Gasteiger partial charge >= 0.3 is 0 Å². The Labute approximate surface area is 190 Å². The van der Waals surface area contributed by atoms with Crippen LogP contribution in [0.1, 0.15) is 68.6 Å². The van der Waals surface area contributed by atoms with Gasteiger partial charge in [0, 0.05) is 38.1 Å². The molecule has 1 unspecified atom stereocenters. The van der Waals surface area contributed by atoms with Gasteiger partial charge in [0.25, 0.3) is 0 Å². The van der Waals surface area contributed by atoms with Crippen molar-refractivity contribution in [1.82, 2.24) is 9.38 Å². The molecule has 1 atom stereocenters. The van der Waals surface area contributed by atoms with Crippen molar-refractivity contribution in [3.8, 4) is 5.75 Å². The maximum Gasteiger partial charge on any atom is 0.185 e. The van der Waals surface area contributed by atoms with Crippen LogP contribution in [-0.4, -0.2) is 34.3 Å². The second-order valence-electron chi connectivity index (χ2n) is 9.00. The lowest BCUT2D eigenvalue weighted by atomic mass is 9.81. The zero-order chi connectivity index (χ0) is 22.5. The third kappa shape index (κ3) is 5.49. The van der Waals surface area contributed by atoms with Crippen molar-refractivity contribution in [3.63, 3.8) is 0 Å². The molecule has 172 valence electrons. The minimum atomic E-state index is -1.04. The SMILES string of the molecule is COC(O)c1cn2cc(C3CCC(COCc4ccccc4)CC3)nc2cc1OC(C)C. The number of benzene rings is 1. The van der Waals surface area contributed by atoms with E-state index >= 15 is 0 Å². The first kappa shape index (κ1) is 22.8. The van der Waals surface area contributed by atoms with Crippen molar-refractivity contribution < 1.29 is 19.3 Å². The van der Waals surface area contributed by atoms with Crippen LogP contribution in [0.3, 0.4) is 0 Å². The van der Waals surface area contributed by atoms with E-state index in [1.165, 1.54) is 12.7 Å². The van der Waals surface area contributed by atoms with Crippen LogP contribution >= 0.6 is 0 Å². The van der Waals surface area contributed by atoms with Gasteiger partial charge in [0.05, 0.1) is 24.0 Å². The lowest BCUT2D eigenvalue weighted by Gasteiger charge is -2.27. The number of rotatable bonds is 9. The Morgan fingerprint density at radius 2 is 1.84 bits per heavy atom. The van der Waals surface area contributed by atoms with Crippen molar-refractivity contribution in [1.29, 1.82) is 0 Å². The molecule has 4 rings (SSSR count). The molecule has 2 heterocycles. The predicted molar refractivity (Wildman–Crippen MR) is 124 cm³/mol. The van der Waals surface area contributed by atoms with Gasteiger partial charge in [-0.3, -0.25) is 0 Å². The summed E-state index contributed by atoms with van der Waals surface area (Å²) in [6, 6.07) is 12.2. The topological polar surface area (TPSA) is 65.2 Å². The molecule has 6 heteroatoms. The van der Waals surface area contributed by atoms with Crippen LogP contribution in [0.25, 0.3) is 5.65 Å². The number of hydrogen-bond donors (Lipinski definition) is 1. The van der Waals surface area contributed by atoms with Gasteiger partial charge in [-0.05, 0) is 51.0 Å². The first-order chi connectivity index (χ1) is 15.5. The summed E-state index contributed by atoms with van der Waals surface area (Å²) in [5.74, 6) is 1.67. The van der Waals surface area contributed by atoms with E-state index in [0.717, 1.165) is 43.6 Å². The Bertz CT molecular complexity index is 994. The minimum Gasteiger partial charge on any atom is -0.490 e. The first-order valence-electron chi connectivity index (χ1n) is 11.5. The smallest absolute Gasteiger partial charge is 0.185 e. The standard InChI is InChI=1S/C26H34N2O4/c1-18(2)32-24-13-25-27-23(15-28(25)14-22(24)26(29)30-3)21-11-9-20(10-12-21)17-31-16-19-7-5-4-6-8-19/h4-8,13-15,18,20-21,26,29H,9-12,16-17H2,1-3H3. The molecule has 0 spiro atoms. The summed E-state index contributed by atoms with van der Waals surface area (Å²) in [4.78, 5) is 4.89. The number of nitrogens with zero attached hydrogens (tertiary/aromatic N) is 2. The summed E-state index contributed by atoms with van der Waals surface area (Å²) in [5.41, 5.74) is 3.77. The molecule has 6 nitrogen and oxygen atoms in total. The number of hydrogen-bond acceptors (Lipinski definition) is 5. The first-order valence-corrected chi connectivity index (χ1v) is 11.5. The largest absolute Gasteiger partial charge is 0.490 e. The summed E-state index contributed by atoms with van der Waals surface area (Å²) in [7, 11) is 1.48. The molecule has 1 fully saturated rings. The van der Waals surface area contributed by atoms with Gasteiger partial charge < -0.3 is 23.7 Å². The molecule has 0 radical (unpaired) electrons. The van der Waals surface area contributed by atoms with Crippen LogP contribution in [0.2, 0.25) is 0 Å². The summed E-state index contributed by atoms with van der Waals surface area (Å²) in [5, 5.41) is 10.3. The van der Waals surface area contributed by atoms with Crippen LogP contribution in [0.15, 0.2) is 48.8 Å². The molecule has 1 aliphatic carbocycles. The lowest BCUT2D eigenvalue weighted by Crippen LogP contribution is -2.18. The monoisotopic (exact) mass is 438 g/mol. The fraction of sp³-hybridized carbons (Fsp3) is 0.500. The van der Waals surface area contributed by atoms with E-state index < -0.39 is 6.29 Å². The van der Waals surface area contributed by atoms with Crippen LogP contribution in [0.4, 0.5) is 0 Å². The summed E-state index contributed by atoms with van der Waals surface area (Å²) in [6.45, 7) is 5.43. The Morgan fingerprint density at radius 1 is 1.09 bits per heavy atom. The molecular weight excluding hydrogens is 404 g/mol. The Balaban J connectivity index is 1.38. The number of imidazole rings is 1. The van der Waals surface area contributed by atoms with E-state index in [9.17, 15) is 5.11 Å². The van der Waals surface area contributed by atoms with Gasteiger partial charge in [0.1, 0.15) is 11.4 Å². The van der Waals surface area contributed by atoms with E-state index in [-0.39, 0.29) is 6.10 Å². The van der Waals surface area contributed by atoms with Crippen molar-refractivity contribution in [2.45, 2.75) is 64.4 Å². The second kappa shape index (κ2) is 10.5. The Morgan fingerprint density at radius 3 is 2.53 bits per heavy atom. The maximum atomic E-state index is 10.3. The summed E-state index contributed by atoms with van der Waals surface area (Å²) in [6.07, 6.45) is 7.45. The fourth-order valence-corrected chi connectivity index (χ4v) is 4.46. The molecule has 0 saturated heterocycles. The van der Waals surface area contributed by atoms with Gasteiger partial charge in [0.2, 0.25) is 0 Å². The van der Waals surface area contributed by atoms with Gasteiger partial charge in [-0.25, -0.2) is 4.98 Å². The fourth-order valence-electron chi connectivity index (χ4n) is 4.46. The van der Waals surface area contributed by atoms with E-state index in [4.69, 9.17) is 19.2 Å². The number of aromatic nitrogens is 2. The molecule has 0 bridgehead atoms. The maximum absolute atomic E-state index is 10.3. The average Bonchev–Trinajstić information content (AvgIpc) is 3.22. The molecule has 1 aliphatic rings. The number of pyridine rings is 1. The van der Waals surface area contributed by atoms with Crippen LogP contribution < -0.4 is 4.74 Å². The Kier molecular flexibility index (Phi) is 7.45. The number of methoxy groups -OCH3 is 1. The highest BCUT2D eigenvalue weighted by atomic mass is 16.6. The van der Waals surface area contributed by atoms with E-state index in [1.807, 2.05) is 36.6 Å². The molecule has 1 N–H and O–H groups in total. The average molecular weight is 439 g/mol. The zero-order valence-electron chi connectivity index (χ0n) is 19.2. The van der Waals surface area contributed by atoms with Gasteiger partial charge in [-0.1, -0.05) is 30.3 Å². The third-order valence-corrected chi connectivity index (χ3v) is 6.18. The van der Waals surface area contributed by atoms with Crippen LogP contribution in [0.5, 0.6) is 5.75 Å². The minimum absolute atomic E-state index is 0.00548. The summed E-state index contributed by atoms with van der Waals surface area (Å²) >= 11 is 0. The number of ether oxygens (including phenoxy) is 3. The molecule has 0 amide bonds. The predicted octanol–water partition coefficient (Wildman–Crippen LogP) is 5.25. The quantitative estimate of drug-likeness (QED) is 0.462. The molecule has 3 aromatic rings. The number of aliphatic hydroxyl groups is 1. The molecule has 1 saturated carbocycles. The summed E-state index contributed by atoms with van der Waals surface area (Å²) < 4.78 is 19.0. The number of aliphatic hydroxyl groups excluding tert-OH is 1. The number of fused-ring (bicyclic) bond motifs is 1. The van der Waals surface area contributed by atoms with Crippen molar-refractivity contribution >= 4 is 5.65 Å². The third-order valence-electron chi connectivity index (χ3n) is 6.18. The normalized spacial score (nSPS) is 20.0. The van der Waals surface area contributed by atoms with Gasteiger partial charge in [-0.2, -0.15) is 0 Å². The highest BCUT2D eigenvalue weighted by molar-refractivity contribution is 5.50. The molecule has 0 aliphatic heterocycles. The van der Waals surface area contributed by atoms with Gasteiger partial charge in [0.15, 0.2) is 6.29 Å². The lowest BCUT2D eigenvalue weighted by molar-refractivity contribution is -0.0788. The van der Waals surface area contributed by atoms with E-state index in [0.29, 0.717) is 29.8 Å². The highest BCUT2D eigenvalue weighted by Crippen LogP contribution is 2.36. The highest BCUT2D eigenvalue weighted by Gasteiger charge is 2.25. The van der Waals surface area contributed by atoms with Crippen LogP contribution in [0, 0.1) is 5.92 Å². The van der Waals surface area contributed by atoms with E-state index in [1.54, 1.807) is 0 Å². The van der Waals surface area contributed by atoms with Crippen molar-refractivity contribution in [2.24, 2.45) is 5.92 Å². The Hall–Kier alpha value is -2.41. The molecule has 1 aromatic carbocycles. The van der Waals surface area contributed by atoms with Gasteiger partial charge in [-0.15, -0.1) is 0 Å². The molecule has 2 aromatic heterocycles. The molecule has 32 heavy (non-hydrogen) atoms. The van der Waals surface area contributed by atoms with Crippen LogP contribution in [-0.2, 0) is 16.1 Å². The second-order valence-corrected chi connectivity index (χ2v) is 9.00. The molecular formula is C26H34N2O4. The van der Waals surface area contributed by atoms with Crippen molar-refractivity contribution in [2.75, 3.05) is 13.7 Å². The van der Waals surface area contributed by atoms with Crippen molar-refractivity contribution in [3.05, 3.63) is 65.6 Å². The van der Waals surface area contributed by atoms with E-state index in [2.05, 4.69) is 30.5 Å². The zero-order valence-corrected chi connectivity index (χ0v) is 19.2.